The molecule has 0 aliphatic heterocycles. The highest BCUT2D eigenvalue weighted by Crippen LogP contribution is 2.09. The van der Waals surface area contributed by atoms with E-state index in [1.807, 2.05) is 0 Å². The Morgan fingerprint density at radius 2 is 1.75 bits per heavy atom. The van der Waals surface area contributed by atoms with Crippen molar-refractivity contribution in [2.75, 3.05) is 18.4 Å². The fourth-order valence-electron chi connectivity index (χ4n) is 2.20. The van der Waals surface area contributed by atoms with Crippen molar-refractivity contribution in [2.45, 2.75) is 13.3 Å². The van der Waals surface area contributed by atoms with Gasteiger partial charge in [-0.15, -0.1) is 0 Å². The summed E-state index contributed by atoms with van der Waals surface area (Å²) in [7, 11) is 0. The predicted octanol–water partition coefficient (Wildman–Crippen LogP) is 2.99. The highest BCUT2D eigenvalue weighted by atomic mass is 19.1. The number of hydrogen-bond donors (Lipinski definition) is 1. The van der Waals surface area contributed by atoms with Gasteiger partial charge >= 0.3 is 0 Å². The van der Waals surface area contributed by atoms with Gasteiger partial charge in [-0.05, 0) is 42.3 Å². The fraction of sp³-hybridized carbons (Fsp3) is 0.222. The zero-order valence-electron chi connectivity index (χ0n) is 13.3. The van der Waals surface area contributed by atoms with Gasteiger partial charge in [0.05, 0.1) is 6.54 Å². The second-order valence-corrected chi connectivity index (χ2v) is 5.38. The molecule has 2 amide bonds. The maximum atomic E-state index is 13.1. The minimum Gasteiger partial charge on any atom is -0.333 e. The largest absolute Gasteiger partial charge is 0.333 e. The first kappa shape index (κ1) is 17.6. The van der Waals surface area contributed by atoms with Crippen LogP contribution in [0.1, 0.15) is 12.5 Å². The van der Waals surface area contributed by atoms with Gasteiger partial charge in [-0.2, -0.15) is 0 Å². The third kappa shape index (κ3) is 5.46. The zero-order chi connectivity index (χ0) is 17.5. The van der Waals surface area contributed by atoms with E-state index < -0.39 is 11.7 Å². The summed E-state index contributed by atoms with van der Waals surface area (Å²) in [6.45, 7) is 1.57. The Morgan fingerprint density at radius 3 is 2.38 bits per heavy atom. The lowest BCUT2D eigenvalue weighted by molar-refractivity contribution is -0.132. The quantitative estimate of drug-likeness (QED) is 0.884. The molecule has 6 heteroatoms. The molecule has 0 aliphatic rings. The number of nitrogens with one attached hydrogen (secondary N) is 1. The number of anilines is 1. The van der Waals surface area contributed by atoms with E-state index in [0.29, 0.717) is 18.7 Å². The normalized spacial score (nSPS) is 10.3. The number of benzene rings is 2. The number of amides is 2. The smallest absolute Gasteiger partial charge is 0.243 e. The molecule has 2 aromatic carbocycles. The van der Waals surface area contributed by atoms with Crippen LogP contribution in [0.2, 0.25) is 0 Å². The van der Waals surface area contributed by atoms with Crippen molar-refractivity contribution >= 4 is 17.5 Å². The van der Waals surface area contributed by atoms with E-state index in [-0.39, 0.29) is 18.3 Å². The van der Waals surface area contributed by atoms with Crippen LogP contribution in [-0.4, -0.2) is 29.8 Å². The van der Waals surface area contributed by atoms with Gasteiger partial charge in [-0.1, -0.05) is 18.2 Å². The number of nitrogens with zero attached hydrogens (tertiary/aromatic N) is 1. The van der Waals surface area contributed by atoms with Crippen LogP contribution in [0.25, 0.3) is 0 Å². The van der Waals surface area contributed by atoms with Crippen molar-refractivity contribution in [1.82, 2.24) is 4.90 Å². The first-order valence-electron chi connectivity index (χ1n) is 7.49. The van der Waals surface area contributed by atoms with Crippen LogP contribution in [0, 0.1) is 11.6 Å². The average Bonchev–Trinajstić information content (AvgIpc) is 2.52. The second-order valence-electron chi connectivity index (χ2n) is 5.38. The average molecular weight is 332 g/mol. The molecular weight excluding hydrogens is 314 g/mol. The molecule has 4 nitrogen and oxygen atoms in total. The van der Waals surface area contributed by atoms with E-state index in [0.717, 1.165) is 5.56 Å². The molecule has 2 aromatic rings. The van der Waals surface area contributed by atoms with E-state index in [4.69, 9.17) is 0 Å². The molecule has 0 unspecified atom stereocenters. The first-order chi connectivity index (χ1) is 11.4. The summed E-state index contributed by atoms with van der Waals surface area (Å²) in [5, 5.41) is 2.55. The van der Waals surface area contributed by atoms with Crippen molar-refractivity contribution in [3.63, 3.8) is 0 Å². The topological polar surface area (TPSA) is 49.4 Å². The van der Waals surface area contributed by atoms with Crippen LogP contribution >= 0.6 is 0 Å². The van der Waals surface area contributed by atoms with Gasteiger partial charge in [-0.25, -0.2) is 8.78 Å². The standard InChI is InChI=1S/C18H18F2N2O2/c1-13(23)22(10-9-14-5-7-15(19)8-6-14)12-18(24)21-17-4-2-3-16(20)11-17/h2-8,11H,9-10,12H2,1H3,(H,21,24). The van der Waals surface area contributed by atoms with Crippen LogP contribution in [0.5, 0.6) is 0 Å². The van der Waals surface area contributed by atoms with Gasteiger partial charge < -0.3 is 10.2 Å². The highest BCUT2D eigenvalue weighted by Gasteiger charge is 2.14. The second kappa shape index (κ2) is 8.19. The van der Waals surface area contributed by atoms with Gasteiger partial charge in [0.1, 0.15) is 11.6 Å². The predicted molar refractivity (Wildman–Crippen MR) is 87.4 cm³/mol. The van der Waals surface area contributed by atoms with Crippen molar-refractivity contribution in [2.24, 2.45) is 0 Å². The molecule has 126 valence electrons. The number of carbonyl (C=O) groups excluding carboxylic acids is 2. The van der Waals surface area contributed by atoms with Gasteiger partial charge in [-0.3, -0.25) is 9.59 Å². The first-order valence-corrected chi connectivity index (χ1v) is 7.49. The minimum absolute atomic E-state index is 0.132. The zero-order valence-corrected chi connectivity index (χ0v) is 13.3. The lowest BCUT2D eigenvalue weighted by Crippen LogP contribution is -2.38. The number of halogens is 2. The monoisotopic (exact) mass is 332 g/mol. The lowest BCUT2D eigenvalue weighted by Gasteiger charge is -2.20. The molecule has 0 radical (unpaired) electrons. The third-order valence-corrected chi connectivity index (χ3v) is 3.47. The van der Waals surface area contributed by atoms with Crippen molar-refractivity contribution in [1.29, 1.82) is 0 Å². The highest BCUT2D eigenvalue weighted by molar-refractivity contribution is 5.94. The van der Waals surface area contributed by atoms with Crippen molar-refractivity contribution in [3.8, 4) is 0 Å². The Labute approximate surface area is 139 Å². The van der Waals surface area contributed by atoms with Crippen LogP contribution in [-0.2, 0) is 16.0 Å². The lowest BCUT2D eigenvalue weighted by atomic mass is 10.1. The molecule has 0 fully saturated rings. The molecule has 24 heavy (non-hydrogen) atoms. The molecular formula is C18H18F2N2O2. The van der Waals surface area contributed by atoms with E-state index in [1.54, 1.807) is 18.2 Å². The maximum Gasteiger partial charge on any atom is 0.243 e. The number of rotatable bonds is 6. The Bertz CT molecular complexity index is 717. The summed E-state index contributed by atoms with van der Waals surface area (Å²) >= 11 is 0. The SMILES string of the molecule is CC(=O)N(CCc1ccc(F)cc1)CC(=O)Nc1cccc(F)c1. The van der Waals surface area contributed by atoms with E-state index in [9.17, 15) is 18.4 Å². The molecule has 0 atom stereocenters. The van der Waals surface area contributed by atoms with Crippen molar-refractivity contribution < 1.29 is 18.4 Å². The van der Waals surface area contributed by atoms with Crippen LogP contribution in [0.15, 0.2) is 48.5 Å². The number of carbonyl (C=O) groups is 2. The van der Waals surface area contributed by atoms with E-state index in [1.165, 1.54) is 42.2 Å². The summed E-state index contributed by atoms with van der Waals surface area (Å²) in [6.07, 6.45) is 0.507. The van der Waals surface area contributed by atoms with Crippen LogP contribution in [0.4, 0.5) is 14.5 Å². The van der Waals surface area contributed by atoms with Gasteiger partial charge in [0.2, 0.25) is 11.8 Å². The Balaban J connectivity index is 1.91. The number of hydrogen-bond acceptors (Lipinski definition) is 2. The summed E-state index contributed by atoms with van der Waals surface area (Å²) in [5.74, 6) is -1.43. The Morgan fingerprint density at radius 1 is 1.04 bits per heavy atom. The molecule has 0 heterocycles. The summed E-state index contributed by atoms with van der Waals surface area (Å²) in [5.41, 5.74) is 1.20. The third-order valence-electron chi connectivity index (χ3n) is 3.47. The molecule has 0 bridgehead atoms. The van der Waals surface area contributed by atoms with Gasteiger partial charge in [0, 0.05) is 19.2 Å². The molecule has 2 rings (SSSR count). The van der Waals surface area contributed by atoms with Crippen molar-refractivity contribution in [3.05, 3.63) is 65.7 Å². The van der Waals surface area contributed by atoms with E-state index >= 15 is 0 Å². The van der Waals surface area contributed by atoms with Gasteiger partial charge in [0.25, 0.3) is 0 Å². The minimum atomic E-state index is -0.451. The Hall–Kier alpha value is -2.76. The van der Waals surface area contributed by atoms with Gasteiger partial charge in [0.15, 0.2) is 0 Å². The molecule has 0 aliphatic carbocycles. The Kier molecular flexibility index (Phi) is 6.01. The fourth-order valence-corrected chi connectivity index (χ4v) is 2.20. The van der Waals surface area contributed by atoms with E-state index in [2.05, 4.69) is 5.32 Å². The molecule has 0 saturated heterocycles. The summed E-state index contributed by atoms with van der Waals surface area (Å²) in [4.78, 5) is 25.1. The summed E-state index contributed by atoms with van der Waals surface area (Å²) < 4.78 is 26.0. The maximum absolute atomic E-state index is 13.1. The van der Waals surface area contributed by atoms with Crippen LogP contribution in [0.3, 0.4) is 0 Å². The van der Waals surface area contributed by atoms with Crippen LogP contribution < -0.4 is 5.32 Å². The molecule has 0 aromatic heterocycles. The molecule has 0 spiro atoms. The summed E-state index contributed by atoms with van der Waals surface area (Å²) in [6, 6.07) is 11.5. The molecule has 0 saturated carbocycles. The molecule has 1 N–H and O–H groups in total.